The Kier molecular flexibility index (Phi) is 5.70. The van der Waals surface area contributed by atoms with Crippen molar-refractivity contribution in [3.05, 3.63) is 30.3 Å². The topological polar surface area (TPSA) is 75.6 Å². The van der Waals surface area contributed by atoms with Crippen LogP contribution in [0.1, 0.15) is 19.8 Å². The van der Waals surface area contributed by atoms with Crippen molar-refractivity contribution in [1.82, 2.24) is 5.32 Å². The molecule has 0 aliphatic carbocycles. The van der Waals surface area contributed by atoms with Gasteiger partial charge in [-0.1, -0.05) is 18.2 Å². The molecule has 18 heavy (non-hydrogen) atoms. The fraction of sp³-hybridized carbons (Fsp3) is 0.385. The highest BCUT2D eigenvalue weighted by atomic mass is 16.5. The monoisotopic (exact) mass is 251 g/mol. The number of carboxylic acid groups (broad SMARTS) is 1. The highest BCUT2D eigenvalue weighted by Crippen LogP contribution is 2.09. The predicted octanol–water partition coefficient (Wildman–Crippen LogP) is 1.43. The molecular formula is C13H17NO4. The summed E-state index contributed by atoms with van der Waals surface area (Å²) >= 11 is 0. The van der Waals surface area contributed by atoms with Crippen LogP contribution in [0.5, 0.6) is 5.75 Å². The number of benzene rings is 1. The third-order valence-electron chi connectivity index (χ3n) is 2.32. The molecule has 1 rings (SSSR count). The van der Waals surface area contributed by atoms with Crippen molar-refractivity contribution < 1.29 is 19.4 Å². The normalized spacial score (nSPS) is 11.6. The van der Waals surface area contributed by atoms with E-state index in [-0.39, 0.29) is 5.91 Å². The van der Waals surface area contributed by atoms with Gasteiger partial charge in [0, 0.05) is 6.92 Å². The quantitative estimate of drug-likeness (QED) is 0.719. The molecule has 0 aromatic heterocycles. The predicted molar refractivity (Wildman–Crippen MR) is 66.4 cm³/mol. The molecule has 0 aliphatic rings. The van der Waals surface area contributed by atoms with Gasteiger partial charge >= 0.3 is 5.97 Å². The standard InChI is InChI=1S/C13H17NO4/c1-10(15)14-12(13(16)17)8-5-9-18-11-6-3-2-4-7-11/h2-4,6-7,12H,5,8-9H2,1H3,(H,14,15)(H,16,17)/t12-/m0/s1. The average molecular weight is 251 g/mol. The summed E-state index contributed by atoms with van der Waals surface area (Å²) in [4.78, 5) is 21.7. The molecule has 0 unspecified atom stereocenters. The Labute approximate surface area is 106 Å². The van der Waals surface area contributed by atoms with E-state index in [2.05, 4.69) is 5.32 Å². The highest BCUT2D eigenvalue weighted by Gasteiger charge is 2.17. The van der Waals surface area contributed by atoms with E-state index in [1.54, 1.807) is 0 Å². The number of rotatable bonds is 7. The van der Waals surface area contributed by atoms with Gasteiger partial charge in [0.25, 0.3) is 0 Å². The zero-order chi connectivity index (χ0) is 13.4. The lowest BCUT2D eigenvalue weighted by Gasteiger charge is -2.13. The molecule has 2 N–H and O–H groups in total. The summed E-state index contributed by atoms with van der Waals surface area (Å²) in [5.74, 6) is -0.611. The molecule has 1 amide bonds. The zero-order valence-corrected chi connectivity index (χ0v) is 10.3. The summed E-state index contributed by atoms with van der Waals surface area (Å²) in [7, 11) is 0. The summed E-state index contributed by atoms with van der Waals surface area (Å²) in [5.41, 5.74) is 0. The number of nitrogens with one attached hydrogen (secondary N) is 1. The van der Waals surface area contributed by atoms with E-state index in [1.807, 2.05) is 30.3 Å². The van der Waals surface area contributed by atoms with E-state index >= 15 is 0 Å². The minimum atomic E-state index is -1.02. The molecule has 0 aliphatic heterocycles. The molecule has 0 radical (unpaired) electrons. The number of carbonyl (C=O) groups is 2. The summed E-state index contributed by atoms with van der Waals surface area (Å²) in [6.07, 6.45) is 0.911. The summed E-state index contributed by atoms with van der Waals surface area (Å²) in [5, 5.41) is 11.3. The van der Waals surface area contributed by atoms with Crippen molar-refractivity contribution in [2.24, 2.45) is 0 Å². The van der Waals surface area contributed by atoms with Gasteiger partial charge in [-0.2, -0.15) is 0 Å². The Morgan fingerprint density at radius 1 is 1.33 bits per heavy atom. The zero-order valence-electron chi connectivity index (χ0n) is 10.3. The average Bonchev–Trinajstić information content (AvgIpc) is 2.33. The lowest BCUT2D eigenvalue weighted by atomic mass is 10.1. The van der Waals surface area contributed by atoms with Crippen LogP contribution in [0, 0.1) is 0 Å². The molecule has 0 fully saturated rings. The smallest absolute Gasteiger partial charge is 0.326 e. The Balaban J connectivity index is 2.27. The van der Waals surface area contributed by atoms with Crippen molar-refractivity contribution in [2.75, 3.05) is 6.61 Å². The molecule has 1 aromatic carbocycles. The van der Waals surface area contributed by atoms with E-state index in [4.69, 9.17) is 9.84 Å². The Bertz CT molecular complexity index is 391. The van der Waals surface area contributed by atoms with Gasteiger partial charge in [-0.25, -0.2) is 4.79 Å². The number of carboxylic acids is 1. The summed E-state index contributed by atoms with van der Waals surface area (Å²) < 4.78 is 5.44. The molecular weight excluding hydrogens is 234 g/mol. The first-order chi connectivity index (χ1) is 8.59. The van der Waals surface area contributed by atoms with Crippen LogP contribution in [0.4, 0.5) is 0 Å². The van der Waals surface area contributed by atoms with Crippen LogP contribution in [0.15, 0.2) is 30.3 Å². The number of hydrogen-bond donors (Lipinski definition) is 2. The van der Waals surface area contributed by atoms with E-state index in [0.29, 0.717) is 19.4 Å². The van der Waals surface area contributed by atoms with Gasteiger partial charge in [0.05, 0.1) is 6.61 Å². The molecule has 5 nitrogen and oxygen atoms in total. The maximum absolute atomic E-state index is 10.8. The highest BCUT2D eigenvalue weighted by molar-refractivity contribution is 5.81. The first kappa shape index (κ1) is 14.0. The van der Waals surface area contributed by atoms with Gasteiger partial charge in [-0.3, -0.25) is 4.79 Å². The SMILES string of the molecule is CC(=O)N[C@@H](CCCOc1ccccc1)C(=O)O. The molecule has 98 valence electrons. The number of hydrogen-bond acceptors (Lipinski definition) is 3. The van der Waals surface area contributed by atoms with Crippen molar-refractivity contribution in [3.8, 4) is 5.75 Å². The second kappa shape index (κ2) is 7.32. The van der Waals surface area contributed by atoms with Crippen LogP contribution in [-0.4, -0.2) is 29.6 Å². The Morgan fingerprint density at radius 2 is 2.00 bits per heavy atom. The van der Waals surface area contributed by atoms with Crippen LogP contribution in [0.2, 0.25) is 0 Å². The number of aliphatic carboxylic acids is 1. The lowest BCUT2D eigenvalue weighted by Crippen LogP contribution is -2.39. The van der Waals surface area contributed by atoms with Crippen molar-refractivity contribution in [1.29, 1.82) is 0 Å². The largest absolute Gasteiger partial charge is 0.494 e. The van der Waals surface area contributed by atoms with Crippen molar-refractivity contribution in [2.45, 2.75) is 25.8 Å². The maximum atomic E-state index is 10.8. The number of amides is 1. The third kappa shape index (κ3) is 5.34. The van der Waals surface area contributed by atoms with Crippen LogP contribution < -0.4 is 10.1 Å². The minimum Gasteiger partial charge on any atom is -0.494 e. The van der Waals surface area contributed by atoms with Gasteiger partial charge in [-0.15, -0.1) is 0 Å². The fourth-order valence-corrected chi connectivity index (χ4v) is 1.50. The van der Waals surface area contributed by atoms with E-state index < -0.39 is 12.0 Å². The minimum absolute atomic E-state index is 0.341. The van der Waals surface area contributed by atoms with Gasteiger partial charge in [-0.05, 0) is 25.0 Å². The Hall–Kier alpha value is -2.04. The van der Waals surface area contributed by atoms with Crippen LogP contribution in [0.3, 0.4) is 0 Å². The fourth-order valence-electron chi connectivity index (χ4n) is 1.50. The van der Waals surface area contributed by atoms with Crippen LogP contribution in [0.25, 0.3) is 0 Å². The number of carbonyl (C=O) groups excluding carboxylic acids is 1. The molecule has 0 spiro atoms. The van der Waals surface area contributed by atoms with Crippen LogP contribution in [-0.2, 0) is 9.59 Å². The van der Waals surface area contributed by atoms with E-state index in [0.717, 1.165) is 5.75 Å². The second-order valence-corrected chi connectivity index (χ2v) is 3.90. The van der Waals surface area contributed by atoms with E-state index in [9.17, 15) is 9.59 Å². The van der Waals surface area contributed by atoms with Crippen molar-refractivity contribution >= 4 is 11.9 Å². The first-order valence-corrected chi connectivity index (χ1v) is 5.77. The first-order valence-electron chi connectivity index (χ1n) is 5.77. The molecule has 0 heterocycles. The molecule has 5 heteroatoms. The molecule has 0 saturated carbocycles. The van der Waals surface area contributed by atoms with Crippen LogP contribution >= 0.6 is 0 Å². The lowest BCUT2D eigenvalue weighted by molar-refractivity contribution is -0.141. The molecule has 1 aromatic rings. The molecule has 0 saturated heterocycles. The summed E-state index contributed by atoms with van der Waals surface area (Å²) in [6, 6.07) is 8.45. The van der Waals surface area contributed by atoms with Gasteiger partial charge < -0.3 is 15.2 Å². The van der Waals surface area contributed by atoms with Gasteiger partial charge in [0.15, 0.2) is 0 Å². The molecule has 0 bridgehead atoms. The summed E-state index contributed by atoms with van der Waals surface area (Å²) in [6.45, 7) is 1.73. The number of para-hydroxylation sites is 1. The van der Waals surface area contributed by atoms with Gasteiger partial charge in [0.2, 0.25) is 5.91 Å². The second-order valence-electron chi connectivity index (χ2n) is 3.90. The van der Waals surface area contributed by atoms with Gasteiger partial charge in [0.1, 0.15) is 11.8 Å². The third-order valence-corrected chi connectivity index (χ3v) is 2.32. The van der Waals surface area contributed by atoms with E-state index in [1.165, 1.54) is 6.92 Å². The number of ether oxygens (including phenoxy) is 1. The maximum Gasteiger partial charge on any atom is 0.326 e. The Morgan fingerprint density at radius 3 is 2.56 bits per heavy atom. The van der Waals surface area contributed by atoms with Crippen molar-refractivity contribution in [3.63, 3.8) is 0 Å². The molecule has 1 atom stereocenters.